The quantitative estimate of drug-likeness (QED) is 0.801. The van der Waals surface area contributed by atoms with Crippen molar-refractivity contribution in [1.29, 1.82) is 0 Å². The second kappa shape index (κ2) is 8.26. The van der Waals surface area contributed by atoms with Crippen molar-refractivity contribution in [2.45, 2.75) is 50.7 Å². The molecule has 0 bridgehead atoms. The maximum absolute atomic E-state index is 13.0. The molecule has 150 valence electrons. The Morgan fingerprint density at radius 1 is 1.07 bits per heavy atom. The Hall–Kier alpha value is -2.48. The van der Waals surface area contributed by atoms with Gasteiger partial charge < -0.3 is 9.64 Å². The average Bonchev–Trinajstić information content (AvgIpc) is 3.15. The van der Waals surface area contributed by atoms with E-state index in [4.69, 9.17) is 4.74 Å². The van der Waals surface area contributed by atoms with Crippen LogP contribution in [0.5, 0.6) is 0 Å². The lowest BCUT2D eigenvalue weighted by molar-refractivity contribution is -0.139. The van der Waals surface area contributed by atoms with Gasteiger partial charge in [-0.3, -0.25) is 4.79 Å². The smallest absolute Gasteiger partial charge is 0.368 e. The van der Waals surface area contributed by atoms with E-state index < -0.39 is 0 Å². The van der Waals surface area contributed by atoms with Crippen LogP contribution in [0, 0.1) is 5.92 Å². The van der Waals surface area contributed by atoms with Crippen molar-refractivity contribution in [2.75, 3.05) is 20.2 Å². The zero-order valence-corrected chi connectivity index (χ0v) is 16.2. The molecule has 0 N–H and O–H groups in total. The molecule has 4 rings (SSSR count). The average molecular weight is 385 g/mol. The number of carbonyl (C=O) groups excluding carboxylic acids is 1. The van der Waals surface area contributed by atoms with Gasteiger partial charge in [-0.15, -0.1) is 0 Å². The van der Waals surface area contributed by atoms with Crippen molar-refractivity contribution in [3.63, 3.8) is 0 Å². The standard InChI is InChI=1S/C20H27N5O3/c1-28-18-11-9-15(10-12-18)19(26)23-13-5-8-17(14-23)25-20(27)24(21-22-25)16-6-3-2-4-7-16/h2-4,6-7,15,17-18H,5,8-14H2,1H3/t15?,17-,18?/m1/s1. The molecule has 8 nitrogen and oxygen atoms in total. The molecule has 2 fully saturated rings. The Labute approximate surface area is 164 Å². The highest BCUT2D eigenvalue weighted by molar-refractivity contribution is 5.79. The SMILES string of the molecule is COC1CCC(C(=O)N2CCC[C@@H](n3nnn(-c4ccccc4)c3=O)C2)CC1. The highest BCUT2D eigenvalue weighted by atomic mass is 16.5. The molecular weight excluding hydrogens is 358 g/mol. The molecule has 1 atom stereocenters. The highest BCUT2D eigenvalue weighted by Crippen LogP contribution is 2.29. The molecule has 0 unspecified atom stereocenters. The Morgan fingerprint density at radius 2 is 1.82 bits per heavy atom. The fourth-order valence-electron chi connectivity index (χ4n) is 4.38. The maximum Gasteiger partial charge on any atom is 0.368 e. The molecule has 1 aliphatic heterocycles. The molecule has 2 aliphatic rings. The minimum absolute atomic E-state index is 0.0712. The second-order valence-corrected chi connectivity index (χ2v) is 7.74. The van der Waals surface area contributed by atoms with E-state index in [2.05, 4.69) is 10.4 Å². The fraction of sp³-hybridized carbons (Fsp3) is 0.600. The summed E-state index contributed by atoms with van der Waals surface area (Å²) in [5, 5.41) is 8.14. The normalized spacial score (nSPS) is 25.6. The molecule has 1 saturated heterocycles. The summed E-state index contributed by atoms with van der Waals surface area (Å²) in [5.41, 5.74) is 0.434. The molecule has 2 heterocycles. The lowest BCUT2D eigenvalue weighted by Gasteiger charge is -2.36. The van der Waals surface area contributed by atoms with Crippen molar-refractivity contribution < 1.29 is 9.53 Å². The van der Waals surface area contributed by atoms with Gasteiger partial charge >= 0.3 is 5.69 Å². The monoisotopic (exact) mass is 385 g/mol. The van der Waals surface area contributed by atoms with Crippen molar-refractivity contribution in [3.05, 3.63) is 40.8 Å². The van der Waals surface area contributed by atoms with Crippen molar-refractivity contribution in [2.24, 2.45) is 5.92 Å². The minimum atomic E-state index is -0.258. The first-order valence-corrected chi connectivity index (χ1v) is 10.1. The zero-order valence-electron chi connectivity index (χ0n) is 16.2. The van der Waals surface area contributed by atoms with Gasteiger partial charge in [0.1, 0.15) is 0 Å². The highest BCUT2D eigenvalue weighted by Gasteiger charge is 2.33. The van der Waals surface area contributed by atoms with Gasteiger partial charge in [-0.1, -0.05) is 18.2 Å². The predicted octanol–water partition coefficient (Wildman–Crippen LogP) is 1.80. The molecule has 0 spiro atoms. The van der Waals surface area contributed by atoms with Crippen molar-refractivity contribution in [3.8, 4) is 5.69 Å². The number of hydrogen-bond acceptors (Lipinski definition) is 5. The van der Waals surface area contributed by atoms with Crippen LogP contribution in [0.15, 0.2) is 35.1 Å². The summed E-state index contributed by atoms with van der Waals surface area (Å²) in [6.07, 6.45) is 5.61. The van der Waals surface area contributed by atoms with Gasteiger partial charge in [-0.25, -0.2) is 4.79 Å². The molecule has 1 saturated carbocycles. The van der Waals surface area contributed by atoms with E-state index in [1.54, 1.807) is 7.11 Å². The first-order valence-electron chi connectivity index (χ1n) is 10.1. The number of carbonyl (C=O) groups is 1. The number of nitrogens with zero attached hydrogens (tertiary/aromatic N) is 5. The number of piperidine rings is 1. The first kappa shape index (κ1) is 18.9. The minimum Gasteiger partial charge on any atom is -0.381 e. The van der Waals surface area contributed by atoms with Crippen LogP contribution in [0.3, 0.4) is 0 Å². The molecule has 1 amide bonds. The predicted molar refractivity (Wildman–Crippen MR) is 103 cm³/mol. The van der Waals surface area contributed by atoms with Gasteiger partial charge in [0, 0.05) is 26.1 Å². The number of amides is 1. The van der Waals surface area contributed by atoms with E-state index >= 15 is 0 Å². The number of benzene rings is 1. The summed E-state index contributed by atoms with van der Waals surface area (Å²) in [6, 6.07) is 9.14. The number of likely N-dealkylation sites (tertiary alicyclic amines) is 1. The molecule has 1 aliphatic carbocycles. The van der Waals surface area contributed by atoms with E-state index in [0.717, 1.165) is 45.1 Å². The van der Waals surface area contributed by atoms with Gasteiger partial charge in [0.2, 0.25) is 5.91 Å². The largest absolute Gasteiger partial charge is 0.381 e. The molecule has 2 aromatic rings. The lowest BCUT2D eigenvalue weighted by Crippen LogP contribution is -2.46. The Kier molecular flexibility index (Phi) is 5.57. The summed E-state index contributed by atoms with van der Waals surface area (Å²) in [7, 11) is 1.74. The van der Waals surface area contributed by atoms with E-state index in [9.17, 15) is 9.59 Å². The van der Waals surface area contributed by atoms with Gasteiger partial charge in [-0.2, -0.15) is 9.36 Å². The number of tetrazole rings is 1. The van der Waals surface area contributed by atoms with Gasteiger partial charge in [0.05, 0.1) is 17.8 Å². The Balaban J connectivity index is 1.45. The molecule has 28 heavy (non-hydrogen) atoms. The molecule has 0 radical (unpaired) electrons. The molecule has 1 aromatic carbocycles. The van der Waals surface area contributed by atoms with E-state index in [1.807, 2.05) is 35.2 Å². The van der Waals surface area contributed by atoms with Crippen LogP contribution in [-0.2, 0) is 9.53 Å². The molecule has 1 aromatic heterocycles. The summed E-state index contributed by atoms with van der Waals surface area (Å²) < 4.78 is 8.16. The van der Waals surface area contributed by atoms with E-state index in [0.29, 0.717) is 12.2 Å². The van der Waals surface area contributed by atoms with Crippen molar-refractivity contribution in [1.82, 2.24) is 24.7 Å². The zero-order chi connectivity index (χ0) is 19.5. The van der Waals surface area contributed by atoms with Gasteiger partial charge in [0.15, 0.2) is 0 Å². The Morgan fingerprint density at radius 3 is 2.54 bits per heavy atom. The van der Waals surface area contributed by atoms with Crippen LogP contribution in [-0.4, -0.2) is 56.9 Å². The Bertz CT molecular complexity index is 854. The van der Waals surface area contributed by atoms with Gasteiger partial charge in [-0.05, 0) is 61.1 Å². The number of para-hydroxylation sites is 1. The van der Waals surface area contributed by atoms with Crippen LogP contribution >= 0.6 is 0 Å². The summed E-state index contributed by atoms with van der Waals surface area (Å²) in [6.45, 7) is 1.28. The summed E-state index contributed by atoms with van der Waals surface area (Å²) in [4.78, 5) is 27.7. The number of rotatable bonds is 4. The van der Waals surface area contributed by atoms with Crippen LogP contribution in [0.2, 0.25) is 0 Å². The molecule has 8 heteroatoms. The number of hydrogen-bond donors (Lipinski definition) is 0. The van der Waals surface area contributed by atoms with Crippen LogP contribution in [0.25, 0.3) is 5.69 Å². The third-order valence-electron chi connectivity index (χ3n) is 6.01. The maximum atomic E-state index is 13.0. The third-order valence-corrected chi connectivity index (χ3v) is 6.01. The number of ether oxygens (including phenoxy) is 1. The third kappa shape index (κ3) is 3.73. The topological polar surface area (TPSA) is 82.2 Å². The fourth-order valence-corrected chi connectivity index (χ4v) is 4.38. The molecular formula is C20H27N5O3. The van der Waals surface area contributed by atoms with Gasteiger partial charge in [0.25, 0.3) is 0 Å². The summed E-state index contributed by atoms with van der Waals surface area (Å²) >= 11 is 0. The van der Waals surface area contributed by atoms with Crippen molar-refractivity contribution >= 4 is 5.91 Å². The summed E-state index contributed by atoms with van der Waals surface area (Å²) in [5.74, 6) is 0.282. The second-order valence-electron chi connectivity index (χ2n) is 7.74. The van der Waals surface area contributed by atoms with Crippen LogP contribution in [0.4, 0.5) is 0 Å². The number of methoxy groups -OCH3 is 1. The lowest BCUT2D eigenvalue weighted by atomic mass is 9.86. The number of aromatic nitrogens is 4. The van der Waals surface area contributed by atoms with Crippen LogP contribution in [0.1, 0.15) is 44.6 Å². The van der Waals surface area contributed by atoms with E-state index in [1.165, 1.54) is 9.36 Å². The first-order chi connectivity index (χ1) is 13.7. The van der Waals surface area contributed by atoms with E-state index in [-0.39, 0.29) is 29.7 Å². The van der Waals surface area contributed by atoms with Crippen LogP contribution < -0.4 is 5.69 Å².